The van der Waals surface area contributed by atoms with Gasteiger partial charge in [-0.3, -0.25) is 4.90 Å². The number of nitrogens with zero attached hydrogens (tertiary/aromatic N) is 1. The molecule has 3 aromatic rings. The summed E-state index contributed by atoms with van der Waals surface area (Å²) < 4.78 is 5.59. The van der Waals surface area contributed by atoms with Gasteiger partial charge in [-0.1, -0.05) is 72.3 Å². The fourth-order valence-corrected chi connectivity index (χ4v) is 4.18. The SMILES string of the molecule is CN(C(=O)OCC1c2ccccc2-c2ccccc21)[C@@H](Cc1ccc(Cl)cc1)C(=O)O. The second kappa shape index (κ2) is 8.82. The number of hydrogen-bond donors (Lipinski definition) is 1. The number of amides is 1. The van der Waals surface area contributed by atoms with E-state index in [4.69, 9.17) is 16.3 Å². The van der Waals surface area contributed by atoms with Gasteiger partial charge in [0.2, 0.25) is 0 Å². The van der Waals surface area contributed by atoms with Crippen molar-refractivity contribution in [2.24, 2.45) is 0 Å². The first-order chi connectivity index (χ1) is 15.0. The third kappa shape index (κ3) is 4.28. The van der Waals surface area contributed by atoms with Gasteiger partial charge in [0.05, 0.1) is 0 Å². The molecule has 0 radical (unpaired) electrons. The lowest BCUT2D eigenvalue weighted by Crippen LogP contribution is -2.44. The molecular weight excluding hydrogens is 414 g/mol. The molecule has 3 aromatic carbocycles. The summed E-state index contributed by atoms with van der Waals surface area (Å²) in [4.78, 5) is 25.7. The average Bonchev–Trinajstić information content (AvgIpc) is 3.10. The van der Waals surface area contributed by atoms with Crippen LogP contribution in [-0.4, -0.2) is 41.8 Å². The molecule has 0 saturated heterocycles. The normalized spacial score (nSPS) is 13.2. The Morgan fingerprint density at radius 3 is 2.06 bits per heavy atom. The second-order valence-corrected chi connectivity index (χ2v) is 8.04. The molecule has 1 aliphatic carbocycles. The van der Waals surface area contributed by atoms with E-state index in [1.807, 2.05) is 36.4 Å². The molecule has 0 aromatic heterocycles. The first kappa shape index (κ1) is 20.9. The van der Waals surface area contributed by atoms with Crippen LogP contribution in [0.4, 0.5) is 4.79 Å². The van der Waals surface area contributed by atoms with E-state index in [0.717, 1.165) is 32.7 Å². The lowest BCUT2D eigenvalue weighted by atomic mass is 9.98. The van der Waals surface area contributed by atoms with E-state index in [1.165, 1.54) is 7.05 Å². The number of likely N-dealkylation sites (N-methyl/N-ethyl adjacent to an activating group) is 1. The van der Waals surface area contributed by atoms with E-state index in [1.54, 1.807) is 24.3 Å². The number of ether oxygens (including phenoxy) is 1. The van der Waals surface area contributed by atoms with Crippen LogP contribution in [-0.2, 0) is 16.0 Å². The Hall–Kier alpha value is -3.31. The molecule has 1 N–H and O–H groups in total. The van der Waals surface area contributed by atoms with E-state index in [2.05, 4.69) is 12.1 Å². The minimum absolute atomic E-state index is 0.0794. The minimum atomic E-state index is -1.09. The Bertz CT molecular complexity index is 1070. The Morgan fingerprint density at radius 2 is 1.52 bits per heavy atom. The maximum atomic E-state index is 12.7. The van der Waals surface area contributed by atoms with Gasteiger partial charge in [0.1, 0.15) is 12.6 Å². The first-order valence-electron chi connectivity index (χ1n) is 10.0. The third-order valence-corrected chi connectivity index (χ3v) is 5.97. The van der Waals surface area contributed by atoms with Gasteiger partial charge >= 0.3 is 12.1 Å². The quantitative estimate of drug-likeness (QED) is 0.576. The van der Waals surface area contributed by atoms with Crippen molar-refractivity contribution < 1.29 is 19.4 Å². The molecule has 4 rings (SSSR count). The summed E-state index contributed by atoms with van der Waals surface area (Å²) in [5, 5.41) is 10.2. The van der Waals surface area contributed by atoms with E-state index < -0.39 is 18.1 Å². The first-order valence-corrected chi connectivity index (χ1v) is 10.4. The van der Waals surface area contributed by atoms with Gasteiger partial charge in [-0.05, 0) is 39.9 Å². The molecule has 1 atom stereocenters. The number of fused-ring (bicyclic) bond motifs is 3. The fourth-order valence-electron chi connectivity index (χ4n) is 4.06. The van der Waals surface area contributed by atoms with Crippen molar-refractivity contribution in [3.63, 3.8) is 0 Å². The summed E-state index contributed by atoms with van der Waals surface area (Å²) >= 11 is 5.90. The van der Waals surface area contributed by atoms with Crippen LogP contribution >= 0.6 is 11.6 Å². The number of rotatable bonds is 6. The van der Waals surface area contributed by atoms with E-state index in [-0.39, 0.29) is 18.9 Å². The van der Waals surface area contributed by atoms with Crippen LogP contribution in [0, 0.1) is 0 Å². The van der Waals surface area contributed by atoms with Crippen LogP contribution in [0.25, 0.3) is 11.1 Å². The molecular formula is C25H22ClNO4. The number of benzene rings is 3. The standard InChI is InChI=1S/C25H22ClNO4/c1-27(23(24(28)29)14-16-10-12-17(26)13-11-16)25(30)31-15-22-20-8-4-2-6-18(20)19-7-3-5-9-21(19)22/h2-13,22-23H,14-15H2,1H3,(H,28,29)/t23-/m0/s1. The highest BCUT2D eigenvalue weighted by atomic mass is 35.5. The molecule has 158 valence electrons. The zero-order valence-electron chi connectivity index (χ0n) is 17.0. The number of halogens is 1. The number of aliphatic carboxylic acids is 1. The Morgan fingerprint density at radius 1 is 0.968 bits per heavy atom. The van der Waals surface area contributed by atoms with Gasteiger partial charge in [0, 0.05) is 24.4 Å². The molecule has 0 aliphatic heterocycles. The Balaban J connectivity index is 1.47. The molecule has 0 saturated carbocycles. The number of hydrogen-bond acceptors (Lipinski definition) is 3. The van der Waals surface area contributed by atoms with Gasteiger partial charge in [0.25, 0.3) is 0 Å². The van der Waals surface area contributed by atoms with Crippen LogP contribution in [0.2, 0.25) is 5.02 Å². The molecule has 5 nitrogen and oxygen atoms in total. The maximum Gasteiger partial charge on any atom is 0.410 e. The highest BCUT2D eigenvalue weighted by Gasteiger charge is 2.32. The predicted molar refractivity (Wildman–Crippen MR) is 119 cm³/mol. The molecule has 1 aliphatic rings. The van der Waals surface area contributed by atoms with Crippen molar-refractivity contribution in [2.45, 2.75) is 18.4 Å². The number of carboxylic acid groups (broad SMARTS) is 1. The summed E-state index contributed by atoms with van der Waals surface area (Å²) in [6, 6.07) is 22.0. The van der Waals surface area contributed by atoms with Crippen molar-refractivity contribution in [1.82, 2.24) is 4.90 Å². The van der Waals surface area contributed by atoms with E-state index in [0.29, 0.717) is 5.02 Å². The zero-order valence-corrected chi connectivity index (χ0v) is 17.8. The molecule has 0 spiro atoms. The number of carbonyl (C=O) groups is 2. The minimum Gasteiger partial charge on any atom is -0.480 e. The monoisotopic (exact) mass is 435 g/mol. The maximum absolute atomic E-state index is 12.7. The van der Waals surface area contributed by atoms with Crippen LogP contribution in [0.3, 0.4) is 0 Å². The van der Waals surface area contributed by atoms with Crippen molar-refractivity contribution >= 4 is 23.7 Å². The second-order valence-electron chi connectivity index (χ2n) is 7.60. The lowest BCUT2D eigenvalue weighted by Gasteiger charge is -2.25. The van der Waals surface area contributed by atoms with Gasteiger partial charge < -0.3 is 9.84 Å². The molecule has 6 heteroatoms. The van der Waals surface area contributed by atoms with Crippen molar-refractivity contribution in [3.8, 4) is 11.1 Å². The Kier molecular flexibility index (Phi) is 5.96. The molecule has 0 bridgehead atoms. The summed E-state index contributed by atoms with van der Waals surface area (Å²) in [5.41, 5.74) is 5.26. The largest absolute Gasteiger partial charge is 0.480 e. The van der Waals surface area contributed by atoms with Gasteiger partial charge in [0.15, 0.2) is 0 Å². The zero-order chi connectivity index (χ0) is 22.0. The van der Waals surface area contributed by atoms with Gasteiger partial charge in [-0.15, -0.1) is 0 Å². The summed E-state index contributed by atoms with van der Waals surface area (Å²) in [7, 11) is 1.45. The molecule has 0 fully saturated rings. The lowest BCUT2D eigenvalue weighted by molar-refractivity contribution is -0.142. The van der Waals surface area contributed by atoms with Gasteiger partial charge in [-0.25, -0.2) is 9.59 Å². The molecule has 0 heterocycles. The summed E-state index contributed by atoms with van der Waals surface area (Å²) in [5.74, 6) is -1.17. The fraction of sp³-hybridized carbons (Fsp3) is 0.200. The van der Waals surface area contributed by atoms with Gasteiger partial charge in [-0.2, -0.15) is 0 Å². The smallest absolute Gasteiger partial charge is 0.410 e. The highest BCUT2D eigenvalue weighted by Crippen LogP contribution is 2.44. The number of carboxylic acids is 1. The molecule has 0 unspecified atom stereocenters. The van der Waals surface area contributed by atoms with Crippen LogP contribution in [0.1, 0.15) is 22.6 Å². The third-order valence-electron chi connectivity index (χ3n) is 5.72. The van der Waals surface area contributed by atoms with Crippen molar-refractivity contribution in [2.75, 3.05) is 13.7 Å². The van der Waals surface area contributed by atoms with Crippen LogP contribution in [0.15, 0.2) is 72.8 Å². The van der Waals surface area contributed by atoms with Crippen molar-refractivity contribution in [1.29, 1.82) is 0 Å². The molecule has 31 heavy (non-hydrogen) atoms. The van der Waals surface area contributed by atoms with Crippen LogP contribution in [0.5, 0.6) is 0 Å². The topological polar surface area (TPSA) is 66.8 Å². The average molecular weight is 436 g/mol. The summed E-state index contributed by atoms with van der Waals surface area (Å²) in [6.07, 6.45) is -0.504. The molecule has 1 amide bonds. The predicted octanol–water partition coefficient (Wildman–Crippen LogP) is 5.22. The summed E-state index contributed by atoms with van der Waals surface area (Å²) in [6.45, 7) is 0.143. The van der Waals surface area contributed by atoms with Crippen molar-refractivity contribution in [3.05, 3.63) is 94.5 Å². The van der Waals surface area contributed by atoms with E-state index in [9.17, 15) is 14.7 Å². The highest BCUT2D eigenvalue weighted by molar-refractivity contribution is 6.30. The Labute approximate surface area is 185 Å². The van der Waals surface area contributed by atoms with Crippen LogP contribution < -0.4 is 0 Å². The van der Waals surface area contributed by atoms with E-state index >= 15 is 0 Å². The number of carbonyl (C=O) groups excluding carboxylic acids is 1.